The Labute approximate surface area is 142 Å². The van der Waals surface area contributed by atoms with Crippen molar-refractivity contribution in [3.05, 3.63) is 36.0 Å². The van der Waals surface area contributed by atoms with Crippen molar-refractivity contribution < 1.29 is 23.8 Å². The molecule has 0 radical (unpaired) electrons. The molecule has 0 spiro atoms. The van der Waals surface area contributed by atoms with Gasteiger partial charge in [-0.15, -0.1) is 0 Å². The van der Waals surface area contributed by atoms with Crippen molar-refractivity contribution in [1.29, 1.82) is 0 Å². The Morgan fingerprint density at radius 2 is 2.00 bits per heavy atom. The van der Waals surface area contributed by atoms with Gasteiger partial charge in [0.25, 0.3) is 6.47 Å². The Bertz CT molecular complexity index is 635. The number of nitrogens with zero attached hydrogens (tertiary/aromatic N) is 1. The van der Waals surface area contributed by atoms with Crippen LogP contribution in [0.2, 0.25) is 0 Å². The van der Waals surface area contributed by atoms with E-state index in [-0.39, 0.29) is 12.6 Å². The minimum Gasteiger partial charge on any atom is -0.468 e. The Balaban J connectivity index is 0.000000505. The highest BCUT2D eigenvalue weighted by Gasteiger charge is 2.04. The van der Waals surface area contributed by atoms with E-state index in [1.165, 1.54) is 16.5 Å². The number of carbonyl (C=O) groups is 2. The maximum atomic E-state index is 11.1. The average molecular weight is 335 g/mol. The summed E-state index contributed by atoms with van der Waals surface area (Å²) < 4.78 is 16.4. The third kappa shape index (κ3) is 6.42. The summed E-state index contributed by atoms with van der Waals surface area (Å²) in [4.78, 5) is 20.3. The topological polar surface area (TPSA) is 66.8 Å². The fraction of sp³-hybridized carbons (Fsp3) is 0.444. The van der Waals surface area contributed by atoms with Crippen LogP contribution < -0.4 is 0 Å². The van der Waals surface area contributed by atoms with Crippen LogP contribution in [0.4, 0.5) is 0 Å². The molecule has 6 nitrogen and oxygen atoms in total. The van der Waals surface area contributed by atoms with Crippen molar-refractivity contribution in [1.82, 2.24) is 4.57 Å². The van der Waals surface area contributed by atoms with E-state index in [1.807, 2.05) is 12.3 Å². The monoisotopic (exact) mass is 335 g/mol. The first-order valence-electron chi connectivity index (χ1n) is 7.97. The number of esters is 1. The second-order valence-electron chi connectivity index (χ2n) is 4.93. The maximum absolute atomic E-state index is 11.1. The lowest BCUT2D eigenvalue weighted by Crippen LogP contribution is -2.15. The number of carbonyl (C=O) groups excluding carboxylic acids is 2. The van der Waals surface area contributed by atoms with E-state index < -0.39 is 0 Å². The highest BCUT2D eigenvalue weighted by molar-refractivity contribution is 5.83. The lowest BCUT2D eigenvalue weighted by molar-refractivity contribution is -0.148. The molecule has 0 amide bonds. The van der Waals surface area contributed by atoms with Gasteiger partial charge in [0.1, 0.15) is 6.61 Å². The molecule has 0 unspecified atom stereocenters. The molecule has 1 heterocycles. The highest BCUT2D eigenvalue weighted by Crippen LogP contribution is 2.19. The average Bonchev–Trinajstić information content (AvgIpc) is 2.98. The summed E-state index contributed by atoms with van der Waals surface area (Å²) >= 11 is 0. The van der Waals surface area contributed by atoms with E-state index in [4.69, 9.17) is 9.47 Å². The van der Waals surface area contributed by atoms with E-state index in [9.17, 15) is 9.59 Å². The molecule has 2 rings (SSSR count). The Kier molecular flexibility index (Phi) is 9.23. The molecule has 132 valence electrons. The van der Waals surface area contributed by atoms with Gasteiger partial charge in [0.05, 0.1) is 19.8 Å². The number of rotatable bonds is 8. The molecule has 1 aromatic heterocycles. The molecule has 0 N–H and O–H groups in total. The van der Waals surface area contributed by atoms with Crippen molar-refractivity contribution in [3.63, 3.8) is 0 Å². The van der Waals surface area contributed by atoms with Crippen LogP contribution in [0.15, 0.2) is 30.5 Å². The second kappa shape index (κ2) is 11.2. The van der Waals surface area contributed by atoms with Gasteiger partial charge in [0, 0.05) is 23.6 Å². The number of ether oxygens (including phenoxy) is 3. The van der Waals surface area contributed by atoms with Crippen molar-refractivity contribution >= 4 is 23.3 Å². The number of aryl methyl sites for hydroxylation is 1. The van der Waals surface area contributed by atoms with E-state index in [2.05, 4.69) is 34.4 Å². The van der Waals surface area contributed by atoms with Crippen LogP contribution in [0.1, 0.15) is 19.4 Å². The first-order chi connectivity index (χ1) is 11.6. The first-order valence-corrected chi connectivity index (χ1v) is 7.97. The molecule has 0 aliphatic carbocycles. The minimum absolute atomic E-state index is 0.0199. The van der Waals surface area contributed by atoms with E-state index in [0.717, 1.165) is 6.54 Å². The van der Waals surface area contributed by atoms with Gasteiger partial charge in [-0.05, 0) is 38.5 Å². The quantitative estimate of drug-likeness (QED) is 0.421. The summed E-state index contributed by atoms with van der Waals surface area (Å²) in [5, 5.41) is 1.26. The van der Waals surface area contributed by atoms with E-state index >= 15 is 0 Å². The highest BCUT2D eigenvalue weighted by atomic mass is 16.6. The zero-order chi connectivity index (χ0) is 17.8. The van der Waals surface area contributed by atoms with Gasteiger partial charge >= 0.3 is 5.97 Å². The predicted molar refractivity (Wildman–Crippen MR) is 91.8 cm³/mol. The Morgan fingerprint density at radius 3 is 2.62 bits per heavy atom. The number of benzene rings is 1. The van der Waals surface area contributed by atoms with Crippen molar-refractivity contribution in [2.45, 2.75) is 27.3 Å². The molecule has 0 saturated carbocycles. The number of hydrogen-bond donors (Lipinski definition) is 0. The largest absolute Gasteiger partial charge is 0.468 e. The van der Waals surface area contributed by atoms with Gasteiger partial charge in [0.2, 0.25) is 0 Å². The molecule has 6 heteroatoms. The van der Waals surface area contributed by atoms with E-state index in [1.54, 1.807) is 13.8 Å². The van der Waals surface area contributed by atoms with Crippen LogP contribution in [0.25, 0.3) is 10.9 Å². The molecule has 1 aromatic carbocycles. The Hall–Kier alpha value is -2.34. The van der Waals surface area contributed by atoms with Crippen LogP contribution in [-0.2, 0) is 30.3 Å². The van der Waals surface area contributed by atoms with Gasteiger partial charge in [-0.1, -0.05) is 12.1 Å². The summed E-state index contributed by atoms with van der Waals surface area (Å²) in [7, 11) is 0. The van der Waals surface area contributed by atoms with Crippen LogP contribution >= 0.6 is 0 Å². The van der Waals surface area contributed by atoms with Gasteiger partial charge < -0.3 is 18.8 Å². The lowest BCUT2D eigenvalue weighted by atomic mass is 10.1. The lowest BCUT2D eigenvalue weighted by Gasteiger charge is -2.07. The molecular formula is C18H25NO5. The summed E-state index contributed by atoms with van der Waals surface area (Å²) in [5.74, 6) is -0.310. The standard InChI is InChI=1S/C15H19NO3.C3H6O2/c1-3-19-15(17)11-18-10-9-16-8-7-13-12(2)5-4-6-14(13)16;1-2-5-3-4/h4-8H,3,9-11H2,1-2H3;3H,2H2,1H3. The van der Waals surface area contributed by atoms with Crippen LogP contribution in [0.3, 0.4) is 0 Å². The van der Waals surface area contributed by atoms with Crippen LogP contribution in [0, 0.1) is 6.92 Å². The van der Waals surface area contributed by atoms with Crippen LogP contribution in [-0.4, -0.2) is 43.4 Å². The number of fused-ring (bicyclic) bond motifs is 1. The molecule has 2 aromatic rings. The second-order valence-corrected chi connectivity index (χ2v) is 4.93. The summed E-state index contributed by atoms with van der Waals surface area (Å²) in [6.45, 7) is 8.19. The molecule has 0 aliphatic rings. The zero-order valence-corrected chi connectivity index (χ0v) is 14.5. The third-order valence-electron chi connectivity index (χ3n) is 3.27. The molecular weight excluding hydrogens is 310 g/mol. The summed E-state index contributed by atoms with van der Waals surface area (Å²) in [6.07, 6.45) is 2.05. The fourth-order valence-electron chi connectivity index (χ4n) is 2.16. The normalized spacial score (nSPS) is 9.96. The molecule has 0 aliphatic heterocycles. The van der Waals surface area contributed by atoms with Crippen molar-refractivity contribution in [3.8, 4) is 0 Å². The molecule has 0 atom stereocenters. The van der Waals surface area contributed by atoms with Crippen LogP contribution in [0.5, 0.6) is 0 Å². The smallest absolute Gasteiger partial charge is 0.332 e. The van der Waals surface area contributed by atoms with Gasteiger partial charge in [-0.25, -0.2) is 4.79 Å². The molecule has 24 heavy (non-hydrogen) atoms. The van der Waals surface area contributed by atoms with Crippen molar-refractivity contribution in [2.24, 2.45) is 0 Å². The zero-order valence-electron chi connectivity index (χ0n) is 14.5. The SMILES string of the molecule is CCOC(=O)COCCn1ccc2c(C)cccc21.CCOC=O. The molecule has 0 saturated heterocycles. The Morgan fingerprint density at radius 1 is 1.21 bits per heavy atom. The number of hydrogen-bond acceptors (Lipinski definition) is 5. The summed E-state index contributed by atoms with van der Waals surface area (Å²) in [5.41, 5.74) is 2.46. The molecule has 0 bridgehead atoms. The first kappa shape index (κ1) is 19.7. The summed E-state index contributed by atoms with van der Waals surface area (Å²) in [6, 6.07) is 8.35. The van der Waals surface area contributed by atoms with Gasteiger partial charge in [-0.2, -0.15) is 0 Å². The fourth-order valence-corrected chi connectivity index (χ4v) is 2.16. The van der Waals surface area contributed by atoms with Gasteiger partial charge in [0.15, 0.2) is 0 Å². The predicted octanol–water partition coefficient (Wildman–Crippen LogP) is 2.71. The third-order valence-corrected chi connectivity index (χ3v) is 3.27. The number of aromatic nitrogens is 1. The van der Waals surface area contributed by atoms with Crippen molar-refractivity contribution in [2.75, 3.05) is 26.4 Å². The molecule has 0 fully saturated rings. The van der Waals surface area contributed by atoms with Gasteiger partial charge in [-0.3, -0.25) is 4.79 Å². The minimum atomic E-state index is -0.310. The maximum Gasteiger partial charge on any atom is 0.332 e. The van der Waals surface area contributed by atoms with E-state index in [0.29, 0.717) is 26.3 Å².